The summed E-state index contributed by atoms with van der Waals surface area (Å²) in [5, 5.41) is 1.33. The van der Waals surface area contributed by atoms with E-state index in [1.807, 2.05) is 0 Å². The normalized spacial score (nSPS) is 17.9. The molecule has 0 bridgehead atoms. The van der Waals surface area contributed by atoms with Gasteiger partial charge in [-0.2, -0.15) is 0 Å². The van der Waals surface area contributed by atoms with E-state index in [-0.39, 0.29) is 5.41 Å². The van der Waals surface area contributed by atoms with Gasteiger partial charge in [0.25, 0.3) is 0 Å². The molecule has 0 radical (unpaired) electrons. The van der Waals surface area contributed by atoms with Gasteiger partial charge in [0.15, 0.2) is 0 Å². The van der Waals surface area contributed by atoms with Gasteiger partial charge < -0.3 is 9.40 Å². The smallest absolute Gasteiger partial charge is 0.0776 e. The maximum Gasteiger partial charge on any atom is 0.0776 e. The van der Waals surface area contributed by atoms with Gasteiger partial charge in [-0.15, -0.1) is 0 Å². The number of fused-ring (bicyclic) bond motifs is 1. The van der Waals surface area contributed by atoms with Gasteiger partial charge in [-0.05, 0) is 30.5 Å². The molecule has 3 rings (SSSR count). The molecule has 1 fully saturated rings. The highest BCUT2D eigenvalue weighted by atomic mass is 16.6. The van der Waals surface area contributed by atoms with Gasteiger partial charge in [-0.1, -0.05) is 12.1 Å². The molecule has 2 N–H and O–H groups in total. The van der Waals surface area contributed by atoms with Crippen molar-refractivity contribution in [3.63, 3.8) is 0 Å². The van der Waals surface area contributed by atoms with Crippen molar-refractivity contribution >= 4 is 10.9 Å². The molecule has 3 nitrogen and oxygen atoms in total. The molecule has 16 heavy (non-hydrogen) atoms. The van der Waals surface area contributed by atoms with E-state index >= 15 is 0 Å². The van der Waals surface area contributed by atoms with Gasteiger partial charge in [-0.25, -0.2) is 5.90 Å². The molecule has 1 saturated carbocycles. The first kappa shape index (κ1) is 9.87. The highest BCUT2D eigenvalue weighted by molar-refractivity contribution is 5.85. The van der Waals surface area contributed by atoms with Gasteiger partial charge in [-0.3, -0.25) is 0 Å². The van der Waals surface area contributed by atoms with Crippen molar-refractivity contribution in [3.05, 3.63) is 36.0 Å². The number of nitrogens with zero attached hydrogens (tertiary/aromatic N) is 1. The molecule has 2 aromatic rings. The molecule has 0 aliphatic heterocycles. The summed E-state index contributed by atoms with van der Waals surface area (Å²) in [5.41, 5.74) is 2.84. The van der Waals surface area contributed by atoms with E-state index in [1.54, 1.807) is 0 Å². The number of benzene rings is 1. The monoisotopic (exact) mass is 216 g/mol. The van der Waals surface area contributed by atoms with Crippen molar-refractivity contribution < 1.29 is 4.84 Å². The zero-order valence-electron chi connectivity index (χ0n) is 9.44. The maximum absolute atomic E-state index is 5.24. The number of aromatic nitrogens is 1. The summed E-state index contributed by atoms with van der Waals surface area (Å²) in [6.07, 6.45) is 4.46. The topological polar surface area (TPSA) is 40.2 Å². The van der Waals surface area contributed by atoms with Crippen LogP contribution in [0.25, 0.3) is 10.9 Å². The van der Waals surface area contributed by atoms with E-state index in [1.165, 1.54) is 29.3 Å². The third-order valence-corrected chi connectivity index (χ3v) is 3.71. The largest absolute Gasteiger partial charge is 0.351 e. The summed E-state index contributed by atoms with van der Waals surface area (Å²) >= 11 is 0. The Morgan fingerprint density at radius 1 is 1.38 bits per heavy atom. The quantitative estimate of drug-likeness (QED) is 0.798. The molecule has 0 saturated heterocycles. The number of aryl methyl sites for hydroxylation is 1. The van der Waals surface area contributed by atoms with Crippen molar-refractivity contribution in [2.75, 3.05) is 6.61 Å². The van der Waals surface area contributed by atoms with Crippen LogP contribution < -0.4 is 5.90 Å². The Kier molecular flexibility index (Phi) is 2.06. The van der Waals surface area contributed by atoms with E-state index < -0.39 is 0 Å². The second-order valence-corrected chi connectivity index (χ2v) is 4.76. The van der Waals surface area contributed by atoms with Gasteiger partial charge in [0.1, 0.15) is 0 Å². The fourth-order valence-corrected chi connectivity index (χ4v) is 2.57. The molecule has 1 aromatic heterocycles. The molecule has 0 atom stereocenters. The third-order valence-electron chi connectivity index (χ3n) is 3.71. The van der Waals surface area contributed by atoms with Crippen LogP contribution in [0.5, 0.6) is 0 Å². The predicted octanol–water partition coefficient (Wildman–Crippen LogP) is 2.10. The minimum atomic E-state index is 0.176. The molecule has 1 heterocycles. The molecular formula is C13H16N2O. The second-order valence-electron chi connectivity index (χ2n) is 4.76. The number of rotatable bonds is 3. The highest BCUT2D eigenvalue weighted by Crippen LogP contribution is 2.50. The van der Waals surface area contributed by atoms with Crippen molar-refractivity contribution in [2.45, 2.75) is 18.3 Å². The summed E-state index contributed by atoms with van der Waals surface area (Å²) in [6.45, 7) is 0.626. The molecule has 1 aromatic carbocycles. The van der Waals surface area contributed by atoms with E-state index in [0.29, 0.717) is 6.61 Å². The van der Waals surface area contributed by atoms with Gasteiger partial charge in [0, 0.05) is 29.6 Å². The molecule has 84 valence electrons. The zero-order chi connectivity index (χ0) is 11.2. The minimum absolute atomic E-state index is 0.176. The van der Waals surface area contributed by atoms with Gasteiger partial charge in [0.2, 0.25) is 0 Å². The summed E-state index contributed by atoms with van der Waals surface area (Å²) in [6, 6.07) is 8.65. The number of hydrogen-bond donors (Lipinski definition) is 1. The Morgan fingerprint density at radius 3 is 2.88 bits per heavy atom. The first-order valence-corrected chi connectivity index (χ1v) is 5.63. The Morgan fingerprint density at radius 2 is 2.19 bits per heavy atom. The maximum atomic E-state index is 5.24. The third kappa shape index (κ3) is 1.29. The Labute approximate surface area is 94.8 Å². The van der Waals surface area contributed by atoms with E-state index in [2.05, 4.69) is 42.1 Å². The Hall–Kier alpha value is -1.32. The highest BCUT2D eigenvalue weighted by Gasteiger charge is 2.45. The van der Waals surface area contributed by atoms with Crippen LogP contribution in [0.2, 0.25) is 0 Å². The van der Waals surface area contributed by atoms with Crippen LogP contribution in [0.15, 0.2) is 30.5 Å². The summed E-state index contributed by atoms with van der Waals surface area (Å²) in [5.74, 6) is 5.24. The van der Waals surface area contributed by atoms with Crippen molar-refractivity contribution in [3.8, 4) is 0 Å². The fourth-order valence-electron chi connectivity index (χ4n) is 2.57. The average molecular weight is 216 g/mol. The average Bonchev–Trinajstić information content (AvgIpc) is 2.98. The lowest BCUT2D eigenvalue weighted by molar-refractivity contribution is 0.116. The van der Waals surface area contributed by atoms with Crippen LogP contribution in [0.4, 0.5) is 0 Å². The number of hydrogen-bond acceptors (Lipinski definition) is 2. The molecule has 0 spiro atoms. The van der Waals surface area contributed by atoms with Crippen LogP contribution in [-0.4, -0.2) is 11.2 Å². The van der Waals surface area contributed by atoms with Crippen molar-refractivity contribution in [2.24, 2.45) is 12.9 Å². The van der Waals surface area contributed by atoms with E-state index in [9.17, 15) is 0 Å². The lowest BCUT2D eigenvalue weighted by Gasteiger charge is -2.15. The first-order chi connectivity index (χ1) is 7.77. The second kappa shape index (κ2) is 3.34. The molecule has 3 heteroatoms. The molecule has 0 unspecified atom stereocenters. The number of nitrogens with two attached hydrogens (primary N) is 1. The zero-order valence-corrected chi connectivity index (χ0v) is 9.44. The van der Waals surface area contributed by atoms with Crippen LogP contribution in [0.3, 0.4) is 0 Å². The minimum Gasteiger partial charge on any atom is -0.351 e. The van der Waals surface area contributed by atoms with Gasteiger partial charge >= 0.3 is 0 Å². The van der Waals surface area contributed by atoms with E-state index in [0.717, 1.165) is 0 Å². The van der Waals surface area contributed by atoms with Crippen LogP contribution in [0, 0.1) is 0 Å². The van der Waals surface area contributed by atoms with Crippen molar-refractivity contribution in [1.29, 1.82) is 0 Å². The SMILES string of the molecule is Cn1ccc2c(C3(CON)CC3)cccc21. The standard InChI is InChI=1S/C13H16N2O/c1-15-8-5-10-11(3-2-4-12(10)15)13(6-7-13)9-16-14/h2-5,8H,6-7,9,14H2,1H3. The fraction of sp³-hybridized carbons (Fsp3) is 0.385. The Balaban J connectivity index is 2.17. The lowest BCUT2D eigenvalue weighted by atomic mass is 9.94. The van der Waals surface area contributed by atoms with E-state index in [4.69, 9.17) is 10.7 Å². The van der Waals surface area contributed by atoms with Crippen LogP contribution in [-0.2, 0) is 17.3 Å². The molecule has 1 aliphatic carbocycles. The summed E-state index contributed by atoms with van der Waals surface area (Å²) < 4.78 is 2.15. The summed E-state index contributed by atoms with van der Waals surface area (Å²) in [7, 11) is 2.07. The molecule has 1 aliphatic rings. The Bertz CT molecular complexity index is 526. The van der Waals surface area contributed by atoms with Crippen molar-refractivity contribution in [1.82, 2.24) is 4.57 Å². The van der Waals surface area contributed by atoms with Crippen LogP contribution in [0.1, 0.15) is 18.4 Å². The first-order valence-electron chi connectivity index (χ1n) is 5.63. The predicted molar refractivity (Wildman–Crippen MR) is 64.0 cm³/mol. The summed E-state index contributed by atoms with van der Waals surface area (Å²) in [4.78, 5) is 4.87. The van der Waals surface area contributed by atoms with Gasteiger partial charge in [0.05, 0.1) is 6.61 Å². The molecular weight excluding hydrogens is 200 g/mol. The lowest BCUT2D eigenvalue weighted by Crippen LogP contribution is -2.18. The molecule has 0 amide bonds. The van der Waals surface area contributed by atoms with Crippen LogP contribution >= 0.6 is 0 Å².